The number of carbonyl (C=O) groups excluding carboxylic acids is 1. The van der Waals surface area contributed by atoms with E-state index in [4.69, 9.17) is 4.74 Å². The van der Waals surface area contributed by atoms with Crippen molar-refractivity contribution in [2.75, 3.05) is 14.2 Å². The summed E-state index contributed by atoms with van der Waals surface area (Å²) < 4.78 is 5.12. The summed E-state index contributed by atoms with van der Waals surface area (Å²) in [5.74, 6) is 0.358. The fraction of sp³-hybridized carbons (Fsp3) is 0.250. The molecule has 2 aromatic heterocycles. The molecule has 0 unspecified atom stereocenters. The number of nitrogens with one attached hydrogen (secondary N) is 1. The molecule has 0 aromatic carbocycles. The van der Waals surface area contributed by atoms with E-state index in [9.17, 15) is 4.79 Å². The zero-order valence-corrected chi connectivity index (χ0v) is 10.3. The summed E-state index contributed by atoms with van der Waals surface area (Å²) in [6.07, 6.45) is 6.54. The fourth-order valence-corrected chi connectivity index (χ4v) is 1.63. The Morgan fingerprint density at radius 1 is 1.50 bits per heavy atom. The maximum atomic E-state index is 12.2. The lowest BCUT2D eigenvalue weighted by Gasteiger charge is -2.17. The summed E-state index contributed by atoms with van der Waals surface area (Å²) in [4.78, 5) is 17.8. The zero-order valence-electron chi connectivity index (χ0n) is 10.3. The number of methoxy groups -OCH3 is 1. The summed E-state index contributed by atoms with van der Waals surface area (Å²) in [6, 6.07) is 1.65. The molecule has 0 bridgehead atoms. The Balaban J connectivity index is 2.15. The van der Waals surface area contributed by atoms with Gasteiger partial charge in [-0.05, 0) is 6.07 Å². The van der Waals surface area contributed by atoms with Gasteiger partial charge in [0.15, 0.2) is 0 Å². The number of amides is 1. The second kappa shape index (κ2) is 5.31. The predicted octanol–water partition coefficient (Wildman–Crippen LogP) is 1.09. The van der Waals surface area contributed by atoms with Crippen LogP contribution in [0.15, 0.2) is 30.9 Å². The molecule has 0 aliphatic carbocycles. The molecular formula is C12H14N4O2. The average molecular weight is 246 g/mol. The van der Waals surface area contributed by atoms with E-state index in [1.807, 2.05) is 0 Å². The number of nitrogens with zero attached hydrogens (tertiary/aromatic N) is 3. The summed E-state index contributed by atoms with van der Waals surface area (Å²) in [7, 11) is 3.25. The van der Waals surface area contributed by atoms with Crippen LogP contribution in [0.1, 0.15) is 15.9 Å². The Morgan fingerprint density at radius 3 is 3.00 bits per heavy atom. The van der Waals surface area contributed by atoms with E-state index >= 15 is 0 Å². The van der Waals surface area contributed by atoms with Gasteiger partial charge in [0.1, 0.15) is 5.75 Å². The van der Waals surface area contributed by atoms with Crippen molar-refractivity contribution in [2.24, 2.45) is 0 Å². The minimum atomic E-state index is -0.115. The first kappa shape index (κ1) is 12.1. The van der Waals surface area contributed by atoms with Crippen LogP contribution in [0, 0.1) is 0 Å². The predicted molar refractivity (Wildman–Crippen MR) is 65.2 cm³/mol. The second-order valence-electron chi connectivity index (χ2n) is 3.84. The van der Waals surface area contributed by atoms with Crippen LogP contribution < -0.4 is 4.74 Å². The Morgan fingerprint density at radius 2 is 2.33 bits per heavy atom. The minimum absolute atomic E-state index is 0.115. The molecule has 0 radical (unpaired) electrons. The van der Waals surface area contributed by atoms with Gasteiger partial charge in [-0.2, -0.15) is 5.10 Å². The highest BCUT2D eigenvalue weighted by Gasteiger charge is 2.16. The molecule has 94 valence electrons. The van der Waals surface area contributed by atoms with Crippen molar-refractivity contribution in [2.45, 2.75) is 6.54 Å². The monoisotopic (exact) mass is 246 g/mol. The highest BCUT2D eigenvalue weighted by atomic mass is 16.5. The van der Waals surface area contributed by atoms with Crippen LogP contribution in [-0.2, 0) is 6.54 Å². The third kappa shape index (κ3) is 2.48. The van der Waals surface area contributed by atoms with Crippen molar-refractivity contribution in [1.29, 1.82) is 0 Å². The van der Waals surface area contributed by atoms with Crippen LogP contribution in [0.25, 0.3) is 0 Å². The van der Waals surface area contributed by atoms with Gasteiger partial charge in [0.2, 0.25) is 0 Å². The number of aromatic nitrogens is 3. The number of carbonyl (C=O) groups is 1. The molecule has 2 heterocycles. The Bertz CT molecular complexity index is 525. The Hall–Kier alpha value is -2.37. The van der Waals surface area contributed by atoms with E-state index in [2.05, 4.69) is 15.2 Å². The van der Waals surface area contributed by atoms with Crippen LogP contribution in [0.3, 0.4) is 0 Å². The van der Waals surface area contributed by atoms with Gasteiger partial charge in [0.05, 0.1) is 25.1 Å². The molecule has 6 nitrogen and oxygen atoms in total. The number of aromatic amines is 1. The molecule has 2 rings (SSSR count). The number of ether oxygens (including phenoxy) is 1. The van der Waals surface area contributed by atoms with Crippen molar-refractivity contribution in [3.63, 3.8) is 0 Å². The number of rotatable bonds is 4. The summed E-state index contributed by atoms with van der Waals surface area (Å²) >= 11 is 0. The first-order valence-electron chi connectivity index (χ1n) is 5.43. The van der Waals surface area contributed by atoms with Crippen LogP contribution in [0.4, 0.5) is 0 Å². The van der Waals surface area contributed by atoms with Crippen molar-refractivity contribution in [1.82, 2.24) is 20.1 Å². The van der Waals surface area contributed by atoms with Gasteiger partial charge in [-0.3, -0.25) is 14.9 Å². The normalized spacial score (nSPS) is 10.1. The fourth-order valence-electron chi connectivity index (χ4n) is 1.63. The highest BCUT2D eigenvalue weighted by molar-refractivity contribution is 5.96. The smallest absolute Gasteiger partial charge is 0.257 e. The molecular weight excluding hydrogens is 232 g/mol. The topological polar surface area (TPSA) is 71.1 Å². The van der Waals surface area contributed by atoms with E-state index in [-0.39, 0.29) is 5.91 Å². The molecule has 6 heteroatoms. The van der Waals surface area contributed by atoms with Gasteiger partial charge >= 0.3 is 0 Å². The summed E-state index contributed by atoms with van der Waals surface area (Å²) in [6.45, 7) is 0.487. The molecule has 0 aliphatic heterocycles. The number of hydrogen-bond donors (Lipinski definition) is 1. The van der Waals surface area contributed by atoms with E-state index in [1.54, 1.807) is 36.6 Å². The quantitative estimate of drug-likeness (QED) is 0.876. The van der Waals surface area contributed by atoms with Gasteiger partial charge < -0.3 is 9.64 Å². The van der Waals surface area contributed by atoms with Crippen molar-refractivity contribution in [3.8, 4) is 5.75 Å². The van der Waals surface area contributed by atoms with Gasteiger partial charge in [-0.1, -0.05) is 0 Å². The molecule has 1 amide bonds. The van der Waals surface area contributed by atoms with E-state index in [1.165, 1.54) is 13.3 Å². The number of hydrogen-bond acceptors (Lipinski definition) is 4. The maximum absolute atomic E-state index is 12.2. The standard InChI is InChI=1S/C12H14N4O2/c1-16(8-9-5-14-15-6-9)12(17)10-3-4-13-7-11(10)18-2/h3-7H,8H2,1-2H3,(H,14,15). The van der Waals surface area contributed by atoms with Gasteiger partial charge in [0.25, 0.3) is 5.91 Å². The lowest BCUT2D eigenvalue weighted by Crippen LogP contribution is -2.26. The number of H-pyrrole nitrogens is 1. The van der Waals surface area contributed by atoms with Crippen molar-refractivity contribution in [3.05, 3.63) is 42.0 Å². The molecule has 0 fully saturated rings. The largest absolute Gasteiger partial charge is 0.494 e. The van der Waals surface area contributed by atoms with Crippen LogP contribution >= 0.6 is 0 Å². The Kier molecular flexibility index (Phi) is 3.57. The van der Waals surface area contributed by atoms with Gasteiger partial charge in [-0.15, -0.1) is 0 Å². The molecule has 0 atom stereocenters. The maximum Gasteiger partial charge on any atom is 0.257 e. The van der Waals surface area contributed by atoms with Crippen LogP contribution in [0.2, 0.25) is 0 Å². The molecule has 1 N–H and O–H groups in total. The van der Waals surface area contributed by atoms with Crippen LogP contribution in [-0.4, -0.2) is 40.1 Å². The minimum Gasteiger partial charge on any atom is -0.494 e. The second-order valence-corrected chi connectivity index (χ2v) is 3.84. The zero-order chi connectivity index (χ0) is 13.0. The average Bonchev–Trinajstić information content (AvgIpc) is 2.90. The lowest BCUT2D eigenvalue weighted by molar-refractivity contribution is 0.0781. The SMILES string of the molecule is COc1cnccc1C(=O)N(C)Cc1cn[nH]c1. The lowest BCUT2D eigenvalue weighted by atomic mass is 10.2. The Labute approximate surface area is 105 Å². The molecule has 0 spiro atoms. The molecule has 0 aliphatic rings. The molecule has 0 saturated heterocycles. The summed E-state index contributed by atoms with van der Waals surface area (Å²) in [5, 5.41) is 6.56. The van der Waals surface area contributed by atoms with Crippen LogP contribution in [0.5, 0.6) is 5.75 Å². The van der Waals surface area contributed by atoms with Gasteiger partial charge in [-0.25, -0.2) is 0 Å². The molecule has 18 heavy (non-hydrogen) atoms. The number of pyridine rings is 1. The van der Waals surface area contributed by atoms with Crippen molar-refractivity contribution < 1.29 is 9.53 Å². The van der Waals surface area contributed by atoms with E-state index < -0.39 is 0 Å². The molecule has 0 saturated carbocycles. The third-order valence-electron chi connectivity index (χ3n) is 2.56. The van der Waals surface area contributed by atoms with Crippen molar-refractivity contribution >= 4 is 5.91 Å². The van der Waals surface area contributed by atoms with E-state index in [0.717, 1.165) is 5.56 Å². The van der Waals surface area contributed by atoms with Gasteiger partial charge in [0, 0.05) is 31.5 Å². The first-order chi connectivity index (χ1) is 8.72. The third-order valence-corrected chi connectivity index (χ3v) is 2.56. The summed E-state index contributed by atoms with van der Waals surface area (Å²) in [5.41, 5.74) is 1.44. The molecule has 2 aromatic rings. The highest BCUT2D eigenvalue weighted by Crippen LogP contribution is 2.18. The van der Waals surface area contributed by atoms with E-state index in [0.29, 0.717) is 17.9 Å². The first-order valence-corrected chi connectivity index (χ1v) is 5.43.